The van der Waals surface area contributed by atoms with Crippen molar-refractivity contribution in [3.8, 4) is 5.75 Å². The number of benzene rings is 1. The number of rotatable bonds is 10. The lowest BCUT2D eigenvalue weighted by Gasteiger charge is -2.06. The molecule has 0 aliphatic carbocycles. The van der Waals surface area contributed by atoms with Crippen LogP contribution in [0.3, 0.4) is 0 Å². The van der Waals surface area contributed by atoms with E-state index in [0.717, 1.165) is 18.8 Å². The number of ketones is 1. The third kappa shape index (κ3) is 8.00. The fourth-order valence-corrected chi connectivity index (χ4v) is 1.83. The molecule has 0 heterocycles. The number of nitrogens with one attached hydrogen (secondary N) is 2. The standard InChI is InChI=1S/C16H24N2O3.ClH/c1-3-17-11-12-18-16(20)10-9-15(19)13-5-7-14(8-6-13)21-4-2;/h5-8,17H,3-4,9-12H2,1-2H3,(H,18,20);1H. The van der Waals surface area contributed by atoms with E-state index in [4.69, 9.17) is 4.74 Å². The van der Waals surface area contributed by atoms with Gasteiger partial charge in [-0.3, -0.25) is 9.59 Å². The molecule has 0 unspecified atom stereocenters. The average Bonchev–Trinajstić information content (AvgIpc) is 2.50. The van der Waals surface area contributed by atoms with Crippen LogP contribution in [0.2, 0.25) is 0 Å². The van der Waals surface area contributed by atoms with Gasteiger partial charge in [-0.15, -0.1) is 12.4 Å². The molecule has 0 saturated heterocycles. The van der Waals surface area contributed by atoms with Crippen LogP contribution in [0.4, 0.5) is 0 Å². The number of halogens is 1. The summed E-state index contributed by atoms with van der Waals surface area (Å²) in [4.78, 5) is 23.5. The molecule has 0 aliphatic rings. The van der Waals surface area contributed by atoms with Crippen molar-refractivity contribution >= 4 is 24.1 Å². The molecule has 0 atom stereocenters. The van der Waals surface area contributed by atoms with Gasteiger partial charge < -0.3 is 15.4 Å². The third-order valence-corrected chi connectivity index (χ3v) is 2.94. The van der Waals surface area contributed by atoms with Gasteiger partial charge in [0.15, 0.2) is 5.78 Å². The number of hydrogen-bond donors (Lipinski definition) is 2. The summed E-state index contributed by atoms with van der Waals surface area (Å²) in [6.45, 7) is 6.73. The van der Waals surface area contributed by atoms with E-state index in [9.17, 15) is 9.59 Å². The van der Waals surface area contributed by atoms with E-state index in [1.54, 1.807) is 24.3 Å². The van der Waals surface area contributed by atoms with Gasteiger partial charge in [0.25, 0.3) is 0 Å². The Labute approximate surface area is 138 Å². The van der Waals surface area contributed by atoms with Crippen LogP contribution in [0.5, 0.6) is 5.75 Å². The number of carbonyl (C=O) groups is 2. The Morgan fingerprint density at radius 3 is 2.32 bits per heavy atom. The van der Waals surface area contributed by atoms with Crippen molar-refractivity contribution in [2.24, 2.45) is 0 Å². The molecule has 0 fully saturated rings. The maximum Gasteiger partial charge on any atom is 0.220 e. The molecule has 1 amide bonds. The zero-order valence-corrected chi connectivity index (χ0v) is 14.0. The van der Waals surface area contributed by atoms with Gasteiger partial charge in [0, 0.05) is 31.5 Å². The first-order valence-electron chi connectivity index (χ1n) is 7.40. The molecule has 0 aromatic heterocycles. The number of likely N-dealkylation sites (N-methyl/N-ethyl adjacent to an activating group) is 1. The highest BCUT2D eigenvalue weighted by Crippen LogP contribution is 2.13. The van der Waals surface area contributed by atoms with Crippen LogP contribution in [0, 0.1) is 0 Å². The van der Waals surface area contributed by atoms with Crippen molar-refractivity contribution in [2.75, 3.05) is 26.2 Å². The van der Waals surface area contributed by atoms with E-state index in [-0.39, 0.29) is 36.9 Å². The molecule has 1 rings (SSSR count). The number of amides is 1. The van der Waals surface area contributed by atoms with Crippen molar-refractivity contribution in [2.45, 2.75) is 26.7 Å². The molecule has 0 saturated carbocycles. The zero-order chi connectivity index (χ0) is 15.5. The molecular weight excluding hydrogens is 304 g/mol. The third-order valence-electron chi connectivity index (χ3n) is 2.94. The fraction of sp³-hybridized carbons (Fsp3) is 0.500. The Morgan fingerprint density at radius 2 is 1.73 bits per heavy atom. The van der Waals surface area contributed by atoms with Gasteiger partial charge in [0.1, 0.15) is 5.75 Å². The summed E-state index contributed by atoms with van der Waals surface area (Å²) in [5, 5.41) is 5.89. The summed E-state index contributed by atoms with van der Waals surface area (Å²) in [7, 11) is 0. The second-order valence-corrected chi connectivity index (χ2v) is 4.58. The summed E-state index contributed by atoms with van der Waals surface area (Å²) >= 11 is 0. The summed E-state index contributed by atoms with van der Waals surface area (Å²) in [5.41, 5.74) is 0.610. The minimum atomic E-state index is -0.0906. The molecule has 0 spiro atoms. The number of Topliss-reactive ketones (excluding diaryl/α,β-unsaturated/α-hetero) is 1. The lowest BCUT2D eigenvalue weighted by molar-refractivity contribution is -0.121. The van der Waals surface area contributed by atoms with E-state index in [1.165, 1.54) is 0 Å². The second kappa shape index (κ2) is 12.0. The Morgan fingerprint density at radius 1 is 1.05 bits per heavy atom. The molecule has 1 aromatic carbocycles. The average molecular weight is 329 g/mol. The van der Waals surface area contributed by atoms with Crippen LogP contribution in [0.15, 0.2) is 24.3 Å². The summed E-state index contributed by atoms with van der Waals surface area (Å²) in [6.07, 6.45) is 0.444. The topological polar surface area (TPSA) is 67.4 Å². The van der Waals surface area contributed by atoms with Gasteiger partial charge in [-0.25, -0.2) is 0 Å². The zero-order valence-electron chi connectivity index (χ0n) is 13.2. The molecule has 0 bridgehead atoms. The molecule has 6 heteroatoms. The minimum absolute atomic E-state index is 0. The van der Waals surface area contributed by atoms with Gasteiger partial charge in [-0.2, -0.15) is 0 Å². The van der Waals surface area contributed by atoms with Crippen molar-refractivity contribution in [1.29, 1.82) is 0 Å². The Balaban J connectivity index is 0.00000441. The number of ether oxygens (including phenoxy) is 1. The lowest BCUT2D eigenvalue weighted by Crippen LogP contribution is -2.31. The van der Waals surface area contributed by atoms with Gasteiger partial charge in [-0.05, 0) is 37.7 Å². The van der Waals surface area contributed by atoms with E-state index >= 15 is 0 Å². The predicted molar refractivity (Wildman–Crippen MR) is 90.0 cm³/mol. The van der Waals surface area contributed by atoms with Gasteiger partial charge in [0.05, 0.1) is 6.61 Å². The molecule has 0 aliphatic heterocycles. The Hall–Kier alpha value is -1.59. The van der Waals surface area contributed by atoms with Crippen LogP contribution in [-0.2, 0) is 4.79 Å². The number of hydrogen-bond acceptors (Lipinski definition) is 4. The highest BCUT2D eigenvalue weighted by Gasteiger charge is 2.09. The summed E-state index contributed by atoms with van der Waals surface area (Å²) in [5.74, 6) is 0.627. The van der Waals surface area contributed by atoms with Crippen molar-refractivity contribution in [1.82, 2.24) is 10.6 Å². The van der Waals surface area contributed by atoms with Crippen LogP contribution in [0.1, 0.15) is 37.0 Å². The summed E-state index contributed by atoms with van der Waals surface area (Å²) in [6, 6.07) is 7.01. The lowest BCUT2D eigenvalue weighted by atomic mass is 10.1. The van der Waals surface area contributed by atoms with Crippen LogP contribution in [-0.4, -0.2) is 37.9 Å². The molecule has 124 valence electrons. The molecule has 2 N–H and O–H groups in total. The molecule has 0 radical (unpaired) electrons. The first kappa shape index (κ1) is 20.4. The quantitative estimate of drug-likeness (QED) is 0.510. The maximum atomic E-state index is 12.0. The predicted octanol–water partition coefficient (Wildman–Crippen LogP) is 2.20. The largest absolute Gasteiger partial charge is 0.494 e. The molecular formula is C16H25ClN2O3. The van der Waals surface area contributed by atoms with Crippen molar-refractivity contribution in [3.05, 3.63) is 29.8 Å². The second-order valence-electron chi connectivity index (χ2n) is 4.58. The van der Waals surface area contributed by atoms with E-state index in [0.29, 0.717) is 18.7 Å². The van der Waals surface area contributed by atoms with Crippen molar-refractivity contribution < 1.29 is 14.3 Å². The smallest absolute Gasteiger partial charge is 0.220 e. The Kier molecular flexibility index (Phi) is 11.1. The molecule has 22 heavy (non-hydrogen) atoms. The van der Waals surface area contributed by atoms with Gasteiger partial charge >= 0.3 is 0 Å². The first-order chi connectivity index (χ1) is 10.2. The number of carbonyl (C=O) groups excluding carboxylic acids is 2. The fourth-order valence-electron chi connectivity index (χ4n) is 1.83. The first-order valence-corrected chi connectivity index (χ1v) is 7.40. The van der Waals surface area contributed by atoms with Gasteiger partial charge in [0.2, 0.25) is 5.91 Å². The molecule has 5 nitrogen and oxygen atoms in total. The SMILES string of the molecule is CCNCCNC(=O)CCC(=O)c1ccc(OCC)cc1.Cl. The monoisotopic (exact) mass is 328 g/mol. The van der Waals surface area contributed by atoms with Gasteiger partial charge in [-0.1, -0.05) is 6.92 Å². The highest BCUT2D eigenvalue weighted by atomic mass is 35.5. The highest BCUT2D eigenvalue weighted by molar-refractivity contribution is 5.98. The van der Waals surface area contributed by atoms with Crippen LogP contribution < -0.4 is 15.4 Å². The molecule has 1 aromatic rings. The maximum absolute atomic E-state index is 12.0. The van der Waals surface area contributed by atoms with Crippen LogP contribution in [0.25, 0.3) is 0 Å². The van der Waals surface area contributed by atoms with E-state index < -0.39 is 0 Å². The van der Waals surface area contributed by atoms with E-state index in [2.05, 4.69) is 10.6 Å². The Bertz CT molecular complexity index is 449. The van der Waals surface area contributed by atoms with Crippen molar-refractivity contribution in [3.63, 3.8) is 0 Å². The van der Waals surface area contributed by atoms with Crippen LogP contribution >= 0.6 is 12.4 Å². The normalized spacial score (nSPS) is 9.73. The van der Waals surface area contributed by atoms with E-state index in [1.807, 2.05) is 13.8 Å². The minimum Gasteiger partial charge on any atom is -0.494 e. The summed E-state index contributed by atoms with van der Waals surface area (Å²) < 4.78 is 5.32.